The first-order valence-corrected chi connectivity index (χ1v) is 8.69. The Bertz CT molecular complexity index is 850. The van der Waals surface area contributed by atoms with Crippen LogP contribution in [0.1, 0.15) is 23.3 Å². The largest absolute Gasteiger partial charge is 0.481 e. The lowest BCUT2D eigenvalue weighted by Gasteiger charge is -2.31. The van der Waals surface area contributed by atoms with E-state index in [0.29, 0.717) is 31.6 Å². The third kappa shape index (κ3) is 3.42. The zero-order valence-electron chi connectivity index (χ0n) is 15.0. The zero-order chi connectivity index (χ0) is 18.8. The number of amides is 2. The van der Waals surface area contributed by atoms with Gasteiger partial charge in [-0.3, -0.25) is 14.4 Å². The molecule has 2 amide bonds. The summed E-state index contributed by atoms with van der Waals surface area (Å²) in [6.45, 7) is 0.829. The molecule has 0 saturated carbocycles. The highest BCUT2D eigenvalue weighted by atomic mass is 16.4. The van der Waals surface area contributed by atoms with E-state index >= 15 is 0 Å². The zero-order valence-corrected chi connectivity index (χ0v) is 15.0. The molecule has 26 heavy (non-hydrogen) atoms. The van der Waals surface area contributed by atoms with E-state index in [-0.39, 0.29) is 24.3 Å². The van der Waals surface area contributed by atoms with E-state index in [1.54, 1.807) is 11.9 Å². The molecule has 1 aromatic carbocycles. The van der Waals surface area contributed by atoms with Crippen molar-refractivity contribution in [2.24, 2.45) is 13.0 Å². The number of piperidine rings is 1. The Labute approximate surface area is 151 Å². The maximum absolute atomic E-state index is 12.8. The minimum absolute atomic E-state index is 0.0158. The topological polar surface area (TPSA) is 82.9 Å². The van der Waals surface area contributed by atoms with Crippen LogP contribution in [-0.4, -0.2) is 63.9 Å². The number of hydrogen-bond donors (Lipinski definition) is 1. The predicted octanol–water partition coefficient (Wildman–Crippen LogP) is 1.57. The van der Waals surface area contributed by atoms with Crippen LogP contribution in [0, 0.1) is 5.92 Å². The number of likely N-dealkylation sites (N-methyl/N-ethyl adjacent to an activating group) is 1. The number of carbonyl (C=O) groups is 3. The van der Waals surface area contributed by atoms with Crippen molar-refractivity contribution in [3.8, 4) is 0 Å². The molecule has 1 fully saturated rings. The standard InChI is InChI=1S/C19H23N3O4/c1-20(12-17(23)22-9-7-13(8-10-22)19(25)26)18(24)16-11-14-5-3-4-6-15(14)21(16)2/h3-6,11,13H,7-10,12H2,1-2H3,(H,25,26). The van der Waals surface area contributed by atoms with Gasteiger partial charge in [0.05, 0.1) is 12.5 Å². The summed E-state index contributed by atoms with van der Waals surface area (Å²) in [5, 5.41) is 10.0. The Balaban J connectivity index is 1.64. The van der Waals surface area contributed by atoms with E-state index in [0.717, 1.165) is 10.9 Å². The van der Waals surface area contributed by atoms with Crippen molar-refractivity contribution in [3.63, 3.8) is 0 Å². The Morgan fingerprint density at radius 1 is 1.19 bits per heavy atom. The van der Waals surface area contributed by atoms with Crippen molar-refractivity contribution < 1.29 is 19.5 Å². The van der Waals surface area contributed by atoms with Gasteiger partial charge in [0.2, 0.25) is 5.91 Å². The SMILES string of the molecule is CN(CC(=O)N1CCC(C(=O)O)CC1)C(=O)c1cc2ccccc2n1C. The molecule has 7 heteroatoms. The fourth-order valence-electron chi connectivity index (χ4n) is 3.44. The number of rotatable bonds is 4. The molecule has 0 bridgehead atoms. The summed E-state index contributed by atoms with van der Waals surface area (Å²) in [7, 11) is 3.45. The fourth-order valence-corrected chi connectivity index (χ4v) is 3.44. The van der Waals surface area contributed by atoms with Gasteiger partial charge in [0.25, 0.3) is 5.91 Å². The van der Waals surface area contributed by atoms with E-state index < -0.39 is 5.97 Å². The van der Waals surface area contributed by atoms with E-state index in [2.05, 4.69) is 0 Å². The molecule has 1 aliphatic rings. The molecule has 3 rings (SSSR count). The second kappa shape index (κ2) is 7.19. The van der Waals surface area contributed by atoms with E-state index in [4.69, 9.17) is 5.11 Å². The molecule has 0 atom stereocenters. The number of aromatic nitrogens is 1. The van der Waals surface area contributed by atoms with Gasteiger partial charge < -0.3 is 19.5 Å². The van der Waals surface area contributed by atoms with Gasteiger partial charge in [-0.05, 0) is 25.0 Å². The lowest BCUT2D eigenvalue weighted by Crippen LogP contribution is -2.45. The molecule has 2 heterocycles. The van der Waals surface area contributed by atoms with Crippen molar-refractivity contribution in [1.29, 1.82) is 0 Å². The maximum atomic E-state index is 12.8. The van der Waals surface area contributed by atoms with Gasteiger partial charge in [-0.25, -0.2) is 0 Å². The van der Waals surface area contributed by atoms with Crippen LogP contribution < -0.4 is 0 Å². The number of fused-ring (bicyclic) bond motifs is 1. The van der Waals surface area contributed by atoms with Gasteiger partial charge in [0.1, 0.15) is 5.69 Å². The highest BCUT2D eigenvalue weighted by Gasteiger charge is 2.28. The monoisotopic (exact) mass is 357 g/mol. The maximum Gasteiger partial charge on any atom is 0.306 e. The Morgan fingerprint density at radius 2 is 1.85 bits per heavy atom. The molecule has 1 aromatic heterocycles. The van der Waals surface area contributed by atoms with Crippen molar-refractivity contribution in [2.75, 3.05) is 26.7 Å². The molecule has 7 nitrogen and oxygen atoms in total. The van der Waals surface area contributed by atoms with Crippen LogP contribution >= 0.6 is 0 Å². The van der Waals surface area contributed by atoms with Gasteiger partial charge in [0.15, 0.2) is 0 Å². The molecule has 1 aliphatic heterocycles. The van der Waals surface area contributed by atoms with Crippen LogP contribution in [0.2, 0.25) is 0 Å². The van der Waals surface area contributed by atoms with E-state index in [1.165, 1.54) is 4.90 Å². The average Bonchev–Trinajstić information content (AvgIpc) is 2.98. The Hall–Kier alpha value is -2.83. The van der Waals surface area contributed by atoms with Gasteiger partial charge >= 0.3 is 5.97 Å². The summed E-state index contributed by atoms with van der Waals surface area (Å²) in [5.74, 6) is -1.55. The van der Waals surface area contributed by atoms with Crippen molar-refractivity contribution in [1.82, 2.24) is 14.4 Å². The van der Waals surface area contributed by atoms with Gasteiger partial charge in [-0.15, -0.1) is 0 Å². The van der Waals surface area contributed by atoms with Crippen LogP contribution in [0.15, 0.2) is 30.3 Å². The number of carboxylic acid groups (broad SMARTS) is 1. The third-order valence-corrected chi connectivity index (χ3v) is 5.09. The van der Waals surface area contributed by atoms with Crippen molar-refractivity contribution >= 4 is 28.7 Å². The van der Waals surface area contributed by atoms with Crippen LogP contribution in [0.3, 0.4) is 0 Å². The normalized spacial score (nSPS) is 15.2. The summed E-state index contributed by atoms with van der Waals surface area (Å²) >= 11 is 0. The average molecular weight is 357 g/mol. The molecule has 138 valence electrons. The summed E-state index contributed by atoms with van der Waals surface area (Å²) in [4.78, 5) is 39.3. The minimum atomic E-state index is -0.805. The van der Waals surface area contributed by atoms with E-state index in [9.17, 15) is 14.4 Å². The first-order valence-electron chi connectivity index (χ1n) is 8.69. The number of hydrogen-bond acceptors (Lipinski definition) is 3. The highest BCUT2D eigenvalue weighted by Crippen LogP contribution is 2.20. The number of carboxylic acids is 1. The molecule has 1 N–H and O–H groups in total. The van der Waals surface area contributed by atoms with Gasteiger partial charge in [-0.1, -0.05) is 18.2 Å². The van der Waals surface area contributed by atoms with Crippen LogP contribution in [0.4, 0.5) is 0 Å². The molecule has 0 unspecified atom stereocenters. The Morgan fingerprint density at radius 3 is 2.46 bits per heavy atom. The molecular weight excluding hydrogens is 334 g/mol. The number of aliphatic carboxylic acids is 1. The number of nitrogens with zero attached hydrogens (tertiary/aromatic N) is 3. The third-order valence-electron chi connectivity index (χ3n) is 5.09. The number of carbonyl (C=O) groups excluding carboxylic acids is 2. The fraction of sp³-hybridized carbons (Fsp3) is 0.421. The lowest BCUT2D eigenvalue weighted by atomic mass is 9.97. The second-order valence-corrected chi connectivity index (χ2v) is 6.80. The molecule has 0 radical (unpaired) electrons. The van der Waals surface area contributed by atoms with Gasteiger partial charge in [-0.2, -0.15) is 0 Å². The van der Waals surface area contributed by atoms with Crippen molar-refractivity contribution in [3.05, 3.63) is 36.0 Å². The van der Waals surface area contributed by atoms with Crippen LogP contribution in [0.25, 0.3) is 10.9 Å². The molecule has 0 spiro atoms. The summed E-state index contributed by atoms with van der Waals surface area (Å²) in [6.07, 6.45) is 0.921. The first-order chi connectivity index (χ1) is 12.4. The number of likely N-dealkylation sites (tertiary alicyclic amines) is 1. The number of para-hydroxylation sites is 1. The Kier molecular flexibility index (Phi) is 4.97. The number of aryl methyl sites for hydroxylation is 1. The van der Waals surface area contributed by atoms with Crippen LogP contribution in [0.5, 0.6) is 0 Å². The summed E-state index contributed by atoms with van der Waals surface area (Å²) in [6, 6.07) is 9.57. The minimum Gasteiger partial charge on any atom is -0.481 e. The smallest absolute Gasteiger partial charge is 0.306 e. The summed E-state index contributed by atoms with van der Waals surface area (Å²) in [5.41, 5.74) is 1.50. The molecular formula is C19H23N3O4. The van der Waals surface area contributed by atoms with Gasteiger partial charge in [0, 0.05) is 38.1 Å². The summed E-state index contributed by atoms with van der Waals surface area (Å²) < 4.78 is 1.83. The molecule has 1 saturated heterocycles. The number of benzene rings is 1. The lowest BCUT2D eigenvalue weighted by molar-refractivity contribution is -0.145. The second-order valence-electron chi connectivity index (χ2n) is 6.80. The quantitative estimate of drug-likeness (QED) is 0.900. The molecule has 0 aliphatic carbocycles. The highest BCUT2D eigenvalue weighted by molar-refractivity contribution is 6.00. The van der Waals surface area contributed by atoms with Crippen LogP contribution in [-0.2, 0) is 16.6 Å². The van der Waals surface area contributed by atoms with E-state index in [1.807, 2.05) is 41.9 Å². The predicted molar refractivity (Wildman–Crippen MR) is 96.8 cm³/mol. The first kappa shape index (κ1) is 18.0. The molecule has 2 aromatic rings. The van der Waals surface area contributed by atoms with Crippen molar-refractivity contribution in [2.45, 2.75) is 12.8 Å².